The van der Waals surface area contributed by atoms with E-state index in [1.165, 1.54) is 13.4 Å². The number of rotatable bonds is 8. The number of ether oxygens (including phenoxy) is 2. The molecule has 0 aliphatic heterocycles. The van der Waals surface area contributed by atoms with Crippen molar-refractivity contribution in [2.75, 3.05) is 38.4 Å². The largest absolute Gasteiger partial charge is 0.465 e. The van der Waals surface area contributed by atoms with Gasteiger partial charge in [0.05, 0.1) is 29.6 Å². The van der Waals surface area contributed by atoms with Gasteiger partial charge in [-0.05, 0) is 24.6 Å². The summed E-state index contributed by atoms with van der Waals surface area (Å²) in [6.45, 7) is 1.24. The molecule has 0 spiro atoms. The third-order valence-electron chi connectivity index (χ3n) is 4.26. The van der Waals surface area contributed by atoms with E-state index in [0.717, 1.165) is 11.8 Å². The van der Waals surface area contributed by atoms with Crippen molar-refractivity contribution < 1.29 is 14.3 Å². The Labute approximate surface area is 161 Å². The highest BCUT2D eigenvalue weighted by Crippen LogP contribution is 2.24. The molecule has 0 radical (unpaired) electrons. The van der Waals surface area contributed by atoms with Crippen LogP contribution in [0.3, 0.4) is 0 Å². The van der Waals surface area contributed by atoms with Crippen LogP contribution in [-0.2, 0) is 9.47 Å². The fraction of sp³-hybridized carbons (Fsp3) is 0.263. The third kappa shape index (κ3) is 3.94. The number of carbonyl (C=O) groups excluding carboxylic acids is 1. The zero-order valence-electron chi connectivity index (χ0n) is 15.7. The molecule has 0 amide bonds. The Hall–Kier alpha value is -3.46. The number of nitrogens with two attached hydrogens (primary N) is 1. The molecule has 3 aromatic rings. The minimum Gasteiger partial charge on any atom is -0.465 e. The maximum absolute atomic E-state index is 11.7. The molecule has 2 aromatic heterocycles. The lowest BCUT2D eigenvalue weighted by Gasteiger charge is -2.12. The van der Waals surface area contributed by atoms with E-state index in [9.17, 15) is 4.79 Å². The monoisotopic (exact) mass is 382 g/mol. The van der Waals surface area contributed by atoms with Crippen LogP contribution < -0.4 is 11.1 Å². The Balaban J connectivity index is 1.92. The minimum atomic E-state index is -0.420. The summed E-state index contributed by atoms with van der Waals surface area (Å²) in [4.78, 5) is 23.1. The molecule has 1 aromatic carbocycles. The normalized spacial score (nSPS) is 10.8. The smallest absolute Gasteiger partial charge is 0.337 e. The van der Waals surface area contributed by atoms with Crippen LogP contribution in [0.5, 0.6) is 0 Å². The number of hydrogen-bond donors (Lipinski definition) is 4. The number of nitrogens with one attached hydrogen (secondary N) is 3. The van der Waals surface area contributed by atoms with Crippen molar-refractivity contribution >= 4 is 34.2 Å². The fourth-order valence-corrected chi connectivity index (χ4v) is 2.84. The van der Waals surface area contributed by atoms with Crippen molar-refractivity contribution in [1.82, 2.24) is 15.0 Å². The molecule has 3 rings (SSSR count). The van der Waals surface area contributed by atoms with Gasteiger partial charge in [-0.1, -0.05) is 6.07 Å². The highest BCUT2D eigenvalue weighted by Gasteiger charge is 2.18. The number of fused-ring (bicyclic) bond motifs is 1. The molecule has 28 heavy (non-hydrogen) atoms. The maximum Gasteiger partial charge on any atom is 0.337 e. The predicted molar refractivity (Wildman–Crippen MR) is 107 cm³/mol. The average Bonchev–Trinajstić information content (AvgIpc) is 3.13. The van der Waals surface area contributed by atoms with Gasteiger partial charge in [-0.2, -0.15) is 0 Å². The van der Waals surface area contributed by atoms with E-state index in [4.69, 9.17) is 20.6 Å². The zero-order valence-corrected chi connectivity index (χ0v) is 15.7. The van der Waals surface area contributed by atoms with Gasteiger partial charge in [-0.15, -0.1) is 0 Å². The van der Waals surface area contributed by atoms with Crippen molar-refractivity contribution in [2.45, 2.75) is 6.42 Å². The molecule has 9 nitrogen and oxygen atoms in total. The minimum absolute atomic E-state index is 0.156. The molecule has 2 heterocycles. The standard InChI is InChI=1S/C19H22N6O3/c1-27-7-3-6-22-18-15(17(21)23-10-24-18)16(20)14-8-11-4-5-12(19(26)28-2)9-13(11)25-14/h4-5,8-10,20,25H,3,6-7H2,1-2H3,(H3,21,22,23,24). The first-order chi connectivity index (χ1) is 13.5. The van der Waals surface area contributed by atoms with Crippen LogP contribution >= 0.6 is 0 Å². The lowest BCUT2D eigenvalue weighted by atomic mass is 10.1. The van der Waals surface area contributed by atoms with Crippen molar-refractivity contribution in [3.8, 4) is 0 Å². The van der Waals surface area contributed by atoms with Crippen molar-refractivity contribution in [1.29, 1.82) is 5.41 Å². The summed E-state index contributed by atoms with van der Waals surface area (Å²) in [5, 5.41) is 12.7. The molecule has 0 fully saturated rings. The second-order valence-electron chi connectivity index (χ2n) is 6.11. The van der Waals surface area contributed by atoms with E-state index in [2.05, 4.69) is 20.3 Å². The molecule has 5 N–H and O–H groups in total. The number of aromatic amines is 1. The van der Waals surface area contributed by atoms with Gasteiger partial charge in [0.15, 0.2) is 0 Å². The summed E-state index contributed by atoms with van der Waals surface area (Å²) < 4.78 is 9.79. The maximum atomic E-state index is 11.7. The molecular formula is C19H22N6O3. The lowest BCUT2D eigenvalue weighted by molar-refractivity contribution is 0.0601. The molecule has 0 saturated carbocycles. The number of hydrogen-bond acceptors (Lipinski definition) is 8. The first kappa shape index (κ1) is 19.3. The lowest BCUT2D eigenvalue weighted by Crippen LogP contribution is -2.15. The van der Waals surface area contributed by atoms with E-state index in [-0.39, 0.29) is 11.5 Å². The first-order valence-electron chi connectivity index (χ1n) is 8.68. The van der Waals surface area contributed by atoms with Crippen molar-refractivity contribution in [3.05, 3.63) is 47.4 Å². The molecule has 0 bridgehead atoms. The van der Waals surface area contributed by atoms with Gasteiger partial charge in [0.2, 0.25) is 0 Å². The van der Waals surface area contributed by atoms with Gasteiger partial charge in [0.1, 0.15) is 18.0 Å². The Kier molecular flexibility index (Phi) is 5.85. The number of nitrogens with zero attached hydrogens (tertiary/aromatic N) is 2. The number of H-pyrrole nitrogens is 1. The molecule has 9 heteroatoms. The number of nitrogen functional groups attached to an aromatic ring is 1. The van der Waals surface area contributed by atoms with Crippen LogP contribution in [0.1, 0.15) is 28.0 Å². The molecule has 146 valence electrons. The Morgan fingerprint density at radius 3 is 2.86 bits per heavy atom. The molecule has 0 unspecified atom stereocenters. The van der Waals surface area contributed by atoms with Crippen LogP contribution in [0.2, 0.25) is 0 Å². The van der Waals surface area contributed by atoms with Crippen molar-refractivity contribution in [2.24, 2.45) is 0 Å². The molecule has 0 atom stereocenters. The SMILES string of the molecule is COCCCNc1ncnc(N)c1C(=N)c1cc2ccc(C(=O)OC)cc2[nH]1. The van der Waals surface area contributed by atoms with Gasteiger partial charge in [-0.3, -0.25) is 5.41 Å². The van der Waals surface area contributed by atoms with Gasteiger partial charge >= 0.3 is 5.97 Å². The van der Waals surface area contributed by atoms with Gasteiger partial charge in [0.25, 0.3) is 0 Å². The number of anilines is 2. The number of carbonyl (C=O) groups is 1. The summed E-state index contributed by atoms with van der Waals surface area (Å²) in [5.74, 6) is 0.280. The highest BCUT2D eigenvalue weighted by molar-refractivity contribution is 6.16. The molecular weight excluding hydrogens is 360 g/mol. The molecule has 0 saturated heterocycles. The summed E-state index contributed by atoms with van der Waals surface area (Å²) in [6, 6.07) is 6.98. The van der Waals surface area contributed by atoms with E-state index < -0.39 is 5.97 Å². The topological polar surface area (TPSA) is 139 Å². The van der Waals surface area contributed by atoms with Gasteiger partial charge in [-0.25, -0.2) is 14.8 Å². The number of benzene rings is 1. The van der Waals surface area contributed by atoms with Crippen molar-refractivity contribution in [3.63, 3.8) is 0 Å². The highest BCUT2D eigenvalue weighted by atomic mass is 16.5. The summed E-state index contributed by atoms with van der Waals surface area (Å²) in [6.07, 6.45) is 2.15. The molecule has 0 aliphatic rings. The second-order valence-corrected chi connectivity index (χ2v) is 6.11. The Bertz CT molecular complexity index is 1010. The number of methoxy groups -OCH3 is 2. The Morgan fingerprint density at radius 1 is 1.29 bits per heavy atom. The quantitative estimate of drug-likeness (QED) is 0.266. The van der Waals surface area contributed by atoms with E-state index in [1.54, 1.807) is 25.3 Å². The fourth-order valence-electron chi connectivity index (χ4n) is 2.84. The van der Waals surface area contributed by atoms with Crippen LogP contribution in [0.4, 0.5) is 11.6 Å². The van der Waals surface area contributed by atoms with E-state index >= 15 is 0 Å². The van der Waals surface area contributed by atoms with E-state index in [0.29, 0.717) is 41.3 Å². The van der Waals surface area contributed by atoms with E-state index in [1.807, 2.05) is 6.07 Å². The first-order valence-corrected chi connectivity index (χ1v) is 8.68. The average molecular weight is 382 g/mol. The number of esters is 1. The van der Waals surface area contributed by atoms with Crippen LogP contribution in [0.15, 0.2) is 30.6 Å². The second kappa shape index (κ2) is 8.49. The summed E-state index contributed by atoms with van der Waals surface area (Å²) >= 11 is 0. The van der Waals surface area contributed by atoms with Crippen LogP contribution in [-0.4, -0.2) is 54.0 Å². The Morgan fingerprint density at radius 2 is 2.11 bits per heavy atom. The third-order valence-corrected chi connectivity index (χ3v) is 4.26. The zero-order chi connectivity index (χ0) is 20.1. The summed E-state index contributed by atoms with van der Waals surface area (Å²) in [5.41, 5.74) is 8.29. The van der Waals surface area contributed by atoms with Gasteiger partial charge in [0, 0.05) is 31.2 Å². The molecule has 0 aliphatic carbocycles. The van der Waals surface area contributed by atoms with Crippen LogP contribution in [0.25, 0.3) is 10.9 Å². The van der Waals surface area contributed by atoms with Gasteiger partial charge < -0.3 is 25.5 Å². The predicted octanol–water partition coefficient (Wildman–Crippen LogP) is 2.19. The number of aromatic nitrogens is 3. The summed E-state index contributed by atoms with van der Waals surface area (Å²) in [7, 11) is 2.98. The van der Waals surface area contributed by atoms with Crippen LogP contribution in [0, 0.1) is 5.41 Å².